The second-order valence-electron chi connectivity index (χ2n) is 8.58. The van der Waals surface area contributed by atoms with Crippen molar-refractivity contribution < 1.29 is 28.2 Å². The molecule has 1 aliphatic heterocycles. The Hall–Kier alpha value is -4.20. The van der Waals surface area contributed by atoms with Crippen LogP contribution in [0.15, 0.2) is 78.9 Å². The molecule has 0 aromatic heterocycles. The van der Waals surface area contributed by atoms with Crippen molar-refractivity contribution in [3.05, 3.63) is 107 Å². The summed E-state index contributed by atoms with van der Waals surface area (Å²) < 4.78 is 24.1. The van der Waals surface area contributed by atoms with Crippen molar-refractivity contribution in [1.29, 1.82) is 0 Å². The first-order chi connectivity index (χ1) is 17.4. The highest BCUT2D eigenvalue weighted by atomic mass is 19.1. The number of carbonyl (C=O) groups is 3. The number of nitrogens with one attached hydrogen (secondary N) is 1. The molecule has 0 fully saturated rings. The number of nitrogens with zero attached hydrogens (tertiary/aromatic N) is 1. The van der Waals surface area contributed by atoms with Crippen LogP contribution in [0.25, 0.3) is 0 Å². The van der Waals surface area contributed by atoms with Gasteiger partial charge in [-0.15, -0.1) is 0 Å². The molecule has 0 saturated carbocycles. The highest BCUT2D eigenvalue weighted by molar-refractivity contribution is 5.90. The van der Waals surface area contributed by atoms with Gasteiger partial charge in [-0.05, 0) is 34.4 Å². The molecule has 36 heavy (non-hydrogen) atoms. The van der Waals surface area contributed by atoms with E-state index in [0.29, 0.717) is 5.56 Å². The second kappa shape index (κ2) is 11.5. The molecule has 3 aromatic carbocycles. The number of carbonyl (C=O) groups excluding carboxylic acids is 3. The molecule has 0 bridgehead atoms. The zero-order valence-electron chi connectivity index (χ0n) is 19.9. The van der Waals surface area contributed by atoms with Gasteiger partial charge in [0.1, 0.15) is 24.5 Å². The summed E-state index contributed by atoms with van der Waals surface area (Å²) in [5, 5.41) is 2.71. The van der Waals surface area contributed by atoms with E-state index in [-0.39, 0.29) is 26.0 Å². The van der Waals surface area contributed by atoms with Crippen molar-refractivity contribution in [2.45, 2.75) is 38.1 Å². The maximum atomic E-state index is 13.7. The molecule has 0 spiro atoms. The van der Waals surface area contributed by atoms with E-state index in [9.17, 15) is 18.8 Å². The quantitative estimate of drug-likeness (QED) is 0.510. The molecule has 2 atom stereocenters. The maximum Gasteiger partial charge on any atom is 0.411 e. The van der Waals surface area contributed by atoms with Crippen LogP contribution >= 0.6 is 0 Å². The minimum atomic E-state index is -1.05. The summed E-state index contributed by atoms with van der Waals surface area (Å²) in [4.78, 5) is 40.4. The van der Waals surface area contributed by atoms with Gasteiger partial charge in [-0.2, -0.15) is 0 Å². The van der Waals surface area contributed by atoms with Crippen LogP contribution in [0.2, 0.25) is 0 Å². The molecule has 7 nitrogen and oxygen atoms in total. The first-order valence-corrected chi connectivity index (χ1v) is 11.6. The molecule has 1 aliphatic rings. The predicted octanol–water partition coefficient (Wildman–Crippen LogP) is 3.79. The number of rotatable bonds is 7. The van der Waals surface area contributed by atoms with Crippen molar-refractivity contribution in [3.63, 3.8) is 0 Å². The zero-order chi connectivity index (χ0) is 25.5. The molecule has 0 aliphatic carbocycles. The van der Waals surface area contributed by atoms with E-state index in [0.717, 1.165) is 16.7 Å². The topological polar surface area (TPSA) is 84.9 Å². The Labute approximate surface area is 208 Å². The van der Waals surface area contributed by atoms with Crippen molar-refractivity contribution in [2.75, 3.05) is 7.11 Å². The Bertz CT molecular complexity index is 1230. The minimum Gasteiger partial charge on any atom is -0.467 e. The van der Waals surface area contributed by atoms with Gasteiger partial charge in [-0.25, -0.2) is 14.0 Å². The lowest BCUT2D eigenvalue weighted by atomic mass is 9.93. The molecule has 0 unspecified atom stereocenters. The van der Waals surface area contributed by atoms with Crippen molar-refractivity contribution >= 4 is 18.0 Å². The van der Waals surface area contributed by atoms with E-state index in [4.69, 9.17) is 9.47 Å². The fourth-order valence-corrected chi connectivity index (χ4v) is 4.25. The van der Waals surface area contributed by atoms with Crippen molar-refractivity contribution in [2.24, 2.45) is 0 Å². The molecular weight excluding hydrogens is 463 g/mol. The molecule has 1 heterocycles. The molecule has 3 aromatic rings. The molecule has 2 amide bonds. The standard InChI is InChI=1S/C28H27FN2O5/c1-35-27(33)24(15-20-10-7-13-23(29)14-20)30-26(32)25-16-21-11-5-6-12-22(21)17-31(25)28(34)36-18-19-8-3-2-4-9-19/h2-14,24-25H,15-18H2,1H3,(H,30,32)/t24-,25-/m0/s1. The normalized spacial score (nSPS) is 15.4. The lowest BCUT2D eigenvalue weighted by Gasteiger charge is -2.35. The molecule has 0 saturated heterocycles. The number of esters is 1. The van der Waals surface area contributed by atoms with Gasteiger partial charge in [0.15, 0.2) is 0 Å². The number of hydrogen-bond donors (Lipinski definition) is 1. The third kappa shape index (κ3) is 6.07. The second-order valence-corrected chi connectivity index (χ2v) is 8.58. The number of halogens is 1. The number of hydrogen-bond acceptors (Lipinski definition) is 5. The highest BCUT2D eigenvalue weighted by Crippen LogP contribution is 2.25. The SMILES string of the molecule is COC(=O)[C@H](Cc1cccc(F)c1)NC(=O)[C@@H]1Cc2ccccc2CN1C(=O)OCc1ccccc1. The molecular formula is C28H27FN2O5. The van der Waals surface area contributed by atoms with Crippen LogP contribution in [0, 0.1) is 5.82 Å². The van der Waals surface area contributed by atoms with Crippen molar-refractivity contribution in [3.8, 4) is 0 Å². The third-order valence-electron chi connectivity index (χ3n) is 6.12. The highest BCUT2D eigenvalue weighted by Gasteiger charge is 2.37. The number of amides is 2. The number of methoxy groups -OCH3 is 1. The summed E-state index contributed by atoms with van der Waals surface area (Å²) in [6.07, 6.45) is -0.331. The fraction of sp³-hybridized carbons (Fsp3) is 0.250. The Balaban J connectivity index is 1.53. The first kappa shape index (κ1) is 24.9. The van der Waals surface area contributed by atoms with E-state index >= 15 is 0 Å². The van der Waals surface area contributed by atoms with Gasteiger partial charge in [-0.1, -0.05) is 66.7 Å². The molecule has 1 N–H and O–H groups in total. The van der Waals surface area contributed by atoms with Crippen LogP contribution in [0.1, 0.15) is 22.3 Å². The van der Waals surface area contributed by atoms with Crippen LogP contribution in [0.4, 0.5) is 9.18 Å². The van der Waals surface area contributed by atoms with Gasteiger partial charge in [0.05, 0.1) is 13.7 Å². The summed E-state index contributed by atoms with van der Waals surface area (Å²) in [6.45, 7) is 0.255. The van der Waals surface area contributed by atoms with Gasteiger partial charge in [-0.3, -0.25) is 9.69 Å². The van der Waals surface area contributed by atoms with Gasteiger partial charge < -0.3 is 14.8 Å². The van der Waals surface area contributed by atoms with E-state index in [1.54, 1.807) is 6.07 Å². The Morgan fingerprint density at radius 3 is 2.39 bits per heavy atom. The van der Waals surface area contributed by atoms with Crippen LogP contribution in [-0.2, 0) is 45.1 Å². The fourth-order valence-electron chi connectivity index (χ4n) is 4.25. The monoisotopic (exact) mass is 490 g/mol. The van der Waals surface area contributed by atoms with Gasteiger partial charge in [0.2, 0.25) is 5.91 Å². The number of fused-ring (bicyclic) bond motifs is 1. The van der Waals surface area contributed by atoms with Gasteiger partial charge in [0.25, 0.3) is 0 Å². The Kier molecular flexibility index (Phi) is 7.95. The lowest BCUT2D eigenvalue weighted by molar-refractivity contribution is -0.145. The number of benzene rings is 3. The van der Waals surface area contributed by atoms with Crippen LogP contribution in [-0.4, -0.2) is 42.1 Å². The zero-order valence-corrected chi connectivity index (χ0v) is 19.9. The molecule has 4 rings (SSSR count). The van der Waals surface area contributed by atoms with Gasteiger partial charge in [0, 0.05) is 12.8 Å². The van der Waals surface area contributed by atoms with Crippen molar-refractivity contribution in [1.82, 2.24) is 10.2 Å². The van der Waals surface area contributed by atoms with Gasteiger partial charge >= 0.3 is 12.1 Å². The minimum absolute atomic E-state index is 0.0396. The summed E-state index contributed by atoms with van der Waals surface area (Å²) >= 11 is 0. The average Bonchev–Trinajstić information content (AvgIpc) is 2.90. The third-order valence-corrected chi connectivity index (χ3v) is 6.12. The van der Waals surface area contributed by atoms with Crippen LogP contribution in [0.3, 0.4) is 0 Å². The molecule has 8 heteroatoms. The molecule has 186 valence electrons. The number of ether oxygens (including phenoxy) is 2. The van der Waals surface area contributed by atoms with Crippen LogP contribution in [0.5, 0.6) is 0 Å². The summed E-state index contributed by atoms with van der Waals surface area (Å²) in [5.41, 5.74) is 3.20. The Morgan fingerprint density at radius 2 is 1.67 bits per heavy atom. The Morgan fingerprint density at radius 1 is 0.972 bits per heavy atom. The van der Waals surface area contributed by atoms with E-state index in [1.165, 1.54) is 30.2 Å². The first-order valence-electron chi connectivity index (χ1n) is 11.6. The molecule has 0 radical (unpaired) electrons. The smallest absolute Gasteiger partial charge is 0.411 e. The average molecular weight is 491 g/mol. The predicted molar refractivity (Wildman–Crippen MR) is 130 cm³/mol. The largest absolute Gasteiger partial charge is 0.467 e. The lowest BCUT2D eigenvalue weighted by Crippen LogP contribution is -2.56. The van der Waals surface area contributed by atoms with Crippen LogP contribution < -0.4 is 5.32 Å². The van der Waals surface area contributed by atoms with E-state index in [1.807, 2.05) is 54.6 Å². The summed E-state index contributed by atoms with van der Waals surface area (Å²) in [6, 6.07) is 20.7. The maximum absolute atomic E-state index is 13.7. The summed E-state index contributed by atoms with van der Waals surface area (Å²) in [7, 11) is 1.22. The summed E-state index contributed by atoms with van der Waals surface area (Å²) in [5.74, 6) is -1.63. The van der Waals surface area contributed by atoms with E-state index in [2.05, 4.69) is 5.32 Å². The van der Waals surface area contributed by atoms with E-state index < -0.39 is 35.9 Å².